The second kappa shape index (κ2) is 7.55. The topological polar surface area (TPSA) is 91.8 Å². The van der Waals surface area contributed by atoms with Crippen molar-refractivity contribution in [2.45, 2.75) is 6.42 Å². The van der Waals surface area contributed by atoms with Crippen LogP contribution >= 0.6 is 11.6 Å². The van der Waals surface area contributed by atoms with E-state index in [2.05, 4.69) is 25.3 Å². The molecule has 0 spiro atoms. The molecule has 4 rings (SSSR count). The fourth-order valence-corrected chi connectivity index (χ4v) is 2.71. The van der Waals surface area contributed by atoms with E-state index in [9.17, 15) is 0 Å². The standard InChI is InChI=1S/C18H15ClN6O2/c1-25-16(12-5-8-20-9-6-12)22-23-18(25)26-10-7-15-21-17(27-24-15)13-3-2-4-14(19)11-13/h2-6,8-9,11H,7,10H2,1H3. The van der Waals surface area contributed by atoms with Crippen LogP contribution in [0.3, 0.4) is 0 Å². The molecule has 9 heteroatoms. The van der Waals surface area contributed by atoms with Crippen LogP contribution in [0, 0.1) is 0 Å². The first kappa shape index (κ1) is 17.2. The lowest BCUT2D eigenvalue weighted by molar-refractivity contribution is 0.281. The first-order chi connectivity index (χ1) is 13.2. The normalized spacial score (nSPS) is 10.9. The highest BCUT2D eigenvalue weighted by Gasteiger charge is 2.13. The van der Waals surface area contributed by atoms with Crippen molar-refractivity contribution in [1.29, 1.82) is 0 Å². The fraction of sp³-hybridized carbons (Fsp3) is 0.167. The van der Waals surface area contributed by atoms with Gasteiger partial charge in [0.25, 0.3) is 5.89 Å². The van der Waals surface area contributed by atoms with E-state index in [1.54, 1.807) is 29.1 Å². The van der Waals surface area contributed by atoms with E-state index >= 15 is 0 Å². The lowest BCUT2D eigenvalue weighted by Gasteiger charge is -2.04. The third-order valence-electron chi connectivity index (χ3n) is 3.87. The second-order valence-electron chi connectivity index (χ2n) is 5.73. The van der Waals surface area contributed by atoms with Crippen molar-refractivity contribution in [3.8, 4) is 28.9 Å². The van der Waals surface area contributed by atoms with E-state index in [1.807, 2.05) is 31.3 Å². The lowest BCUT2D eigenvalue weighted by Crippen LogP contribution is -2.06. The summed E-state index contributed by atoms with van der Waals surface area (Å²) in [4.78, 5) is 8.36. The van der Waals surface area contributed by atoms with Crippen LogP contribution in [0.25, 0.3) is 22.8 Å². The van der Waals surface area contributed by atoms with Crippen molar-refractivity contribution < 1.29 is 9.26 Å². The van der Waals surface area contributed by atoms with Gasteiger partial charge in [-0.1, -0.05) is 27.9 Å². The number of rotatable bonds is 6. The van der Waals surface area contributed by atoms with Gasteiger partial charge in [0.15, 0.2) is 11.6 Å². The minimum Gasteiger partial charge on any atom is -0.463 e. The Morgan fingerprint density at radius 1 is 1.11 bits per heavy atom. The Bertz CT molecular complexity index is 1050. The van der Waals surface area contributed by atoms with Gasteiger partial charge in [-0.3, -0.25) is 9.55 Å². The van der Waals surface area contributed by atoms with Gasteiger partial charge in [-0.2, -0.15) is 4.98 Å². The summed E-state index contributed by atoms with van der Waals surface area (Å²) in [6.45, 7) is 0.344. The molecule has 0 saturated heterocycles. The van der Waals surface area contributed by atoms with Gasteiger partial charge in [0.05, 0.1) is 6.61 Å². The Morgan fingerprint density at radius 3 is 2.78 bits per heavy atom. The van der Waals surface area contributed by atoms with Crippen molar-refractivity contribution in [3.63, 3.8) is 0 Å². The first-order valence-corrected chi connectivity index (χ1v) is 8.59. The third-order valence-corrected chi connectivity index (χ3v) is 4.11. The molecule has 0 fully saturated rings. The molecule has 136 valence electrons. The number of halogens is 1. The van der Waals surface area contributed by atoms with Gasteiger partial charge in [-0.25, -0.2) is 0 Å². The van der Waals surface area contributed by atoms with E-state index in [0.717, 1.165) is 11.1 Å². The summed E-state index contributed by atoms with van der Waals surface area (Å²) in [5.74, 6) is 1.67. The van der Waals surface area contributed by atoms with Gasteiger partial charge in [-0.15, -0.1) is 5.10 Å². The van der Waals surface area contributed by atoms with Gasteiger partial charge in [0.2, 0.25) is 0 Å². The molecular weight excluding hydrogens is 368 g/mol. The molecule has 0 N–H and O–H groups in total. The zero-order valence-electron chi connectivity index (χ0n) is 14.4. The largest absolute Gasteiger partial charge is 0.463 e. The molecule has 0 unspecified atom stereocenters. The molecule has 8 nitrogen and oxygen atoms in total. The summed E-state index contributed by atoms with van der Waals surface area (Å²) in [7, 11) is 1.84. The predicted molar refractivity (Wildman–Crippen MR) is 98.2 cm³/mol. The summed E-state index contributed by atoms with van der Waals surface area (Å²) in [6.07, 6.45) is 3.89. The van der Waals surface area contributed by atoms with E-state index in [-0.39, 0.29) is 0 Å². The molecule has 0 atom stereocenters. The summed E-state index contributed by atoms with van der Waals surface area (Å²) in [6, 6.07) is 11.4. The minimum atomic E-state index is 0.344. The maximum Gasteiger partial charge on any atom is 0.316 e. The van der Waals surface area contributed by atoms with Gasteiger partial charge < -0.3 is 9.26 Å². The van der Waals surface area contributed by atoms with Crippen molar-refractivity contribution in [2.75, 3.05) is 6.61 Å². The van der Waals surface area contributed by atoms with Crippen LogP contribution in [0.4, 0.5) is 0 Å². The summed E-state index contributed by atoms with van der Waals surface area (Å²) < 4.78 is 12.8. The monoisotopic (exact) mass is 382 g/mol. The maximum atomic E-state index is 5.99. The van der Waals surface area contributed by atoms with Gasteiger partial charge in [-0.05, 0) is 30.3 Å². The SMILES string of the molecule is Cn1c(OCCc2noc(-c3cccc(Cl)c3)n2)nnc1-c1ccncc1. The van der Waals surface area contributed by atoms with E-state index in [0.29, 0.717) is 41.6 Å². The molecule has 0 aliphatic heterocycles. The number of nitrogens with zero attached hydrogens (tertiary/aromatic N) is 6. The average Bonchev–Trinajstić information content (AvgIpc) is 3.30. The van der Waals surface area contributed by atoms with Crippen LogP contribution < -0.4 is 4.74 Å². The van der Waals surface area contributed by atoms with E-state index in [4.69, 9.17) is 20.9 Å². The van der Waals surface area contributed by atoms with Crippen molar-refractivity contribution in [3.05, 3.63) is 59.6 Å². The zero-order chi connectivity index (χ0) is 18.6. The first-order valence-electron chi connectivity index (χ1n) is 8.22. The summed E-state index contributed by atoms with van der Waals surface area (Å²) in [5.41, 5.74) is 1.69. The van der Waals surface area contributed by atoms with Gasteiger partial charge in [0, 0.05) is 42.0 Å². The molecule has 1 aromatic carbocycles. The summed E-state index contributed by atoms with van der Waals surface area (Å²) in [5, 5.41) is 12.8. The second-order valence-corrected chi connectivity index (χ2v) is 6.16. The molecule has 3 aromatic heterocycles. The van der Waals surface area contributed by atoms with Crippen molar-refractivity contribution in [2.24, 2.45) is 7.05 Å². The highest BCUT2D eigenvalue weighted by Crippen LogP contribution is 2.21. The molecule has 0 saturated carbocycles. The van der Waals surface area contributed by atoms with Gasteiger partial charge in [0.1, 0.15) is 0 Å². The molecule has 0 radical (unpaired) electrons. The quantitative estimate of drug-likeness (QED) is 0.505. The van der Waals surface area contributed by atoms with Crippen LogP contribution in [0.1, 0.15) is 5.82 Å². The Morgan fingerprint density at radius 2 is 1.96 bits per heavy atom. The number of pyridine rings is 1. The average molecular weight is 383 g/mol. The fourth-order valence-electron chi connectivity index (χ4n) is 2.52. The lowest BCUT2D eigenvalue weighted by atomic mass is 10.2. The van der Waals surface area contributed by atoms with Crippen LogP contribution in [-0.4, -0.2) is 36.5 Å². The number of aromatic nitrogens is 6. The number of hydrogen-bond donors (Lipinski definition) is 0. The van der Waals surface area contributed by atoms with Crippen LogP contribution in [-0.2, 0) is 13.5 Å². The molecule has 4 aromatic rings. The number of hydrogen-bond acceptors (Lipinski definition) is 7. The predicted octanol–water partition coefficient (Wildman–Crippen LogP) is 3.20. The Hall–Kier alpha value is -3.26. The summed E-state index contributed by atoms with van der Waals surface area (Å²) >= 11 is 5.99. The van der Waals surface area contributed by atoms with Crippen LogP contribution in [0.5, 0.6) is 6.01 Å². The van der Waals surface area contributed by atoms with E-state index < -0.39 is 0 Å². The highest BCUT2D eigenvalue weighted by molar-refractivity contribution is 6.30. The zero-order valence-corrected chi connectivity index (χ0v) is 15.2. The van der Waals surface area contributed by atoms with E-state index in [1.165, 1.54) is 0 Å². The van der Waals surface area contributed by atoms with Gasteiger partial charge >= 0.3 is 6.01 Å². The Kier molecular flexibility index (Phi) is 4.80. The molecule has 3 heterocycles. The molecule has 0 aliphatic carbocycles. The molecule has 0 bridgehead atoms. The number of benzene rings is 1. The Labute approximate surface area is 159 Å². The van der Waals surface area contributed by atoms with Crippen LogP contribution in [0.15, 0.2) is 53.3 Å². The molecule has 0 amide bonds. The Balaban J connectivity index is 1.39. The smallest absolute Gasteiger partial charge is 0.316 e. The molecule has 27 heavy (non-hydrogen) atoms. The molecule has 0 aliphatic rings. The molecular formula is C18H15ClN6O2. The van der Waals surface area contributed by atoms with Crippen molar-refractivity contribution in [1.82, 2.24) is 29.9 Å². The van der Waals surface area contributed by atoms with Crippen LogP contribution in [0.2, 0.25) is 5.02 Å². The third kappa shape index (κ3) is 3.80. The highest BCUT2D eigenvalue weighted by atomic mass is 35.5. The van der Waals surface area contributed by atoms with Crippen molar-refractivity contribution >= 4 is 11.6 Å². The minimum absolute atomic E-state index is 0.344. The number of ether oxygens (including phenoxy) is 1. The maximum absolute atomic E-state index is 5.99.